The summed E-state index contributed by atoms with van der Waals surface area (Å²) in [7, 11) is 0. The Labute approximate surface area is 106 Å². The number of nitrogens with two attached hydrogens (primary N) is 1. The van der Waals surface area contributed by atoms with Crippen LogP contribution in [-0.4, -0.2) is 43.8 Å². The molecule has 2 rings (SSSR count). The lowest BCUT2D eigenvalue weighted by molar-refractivity contribution is 0.0717. The van der Waals surface area contributed by atoms with E-state index in [1.807, 2.05) is 0 Å². The van der Waals surface area contributed by atoms with Crippen molar-refractivity contribution in [2.24, 2.45) is 17.6 Å². The van der Waals surface area contributed by atoms with Crippen molar-refractivity contribution in [3.05, 3.63) is 0 Å². The van der Waals surface area contributed by atoms with E-state index in [1.165, 1.54) is 51.7 Å². The second-order valence-electron chi connectivity index (χ2n) is 5.68. The lowest BCUT2D eigenvalue weighted by Crippen LogP contribution is -2.43. The van der Waals surface area contributed by atoms with Gasteiger partial charge in [0.05, 0.1) is 6.10 Å². The minimum absolute atomic E-state index is 0.544. The fraction of sp³-hybridized carbons (Fsp3) is 1.00. The largest absolute Gasteiger partial charge is 0.378 e. The van der Waals surface area contributed by atoms with Crippen LogP contribution in [0.1, 0.15) is 39.0 Å². The third-order valence-electron chi connectivity index (χ3n) is 4.59. The summed E-state index contributed by atoms with van der Waals surface area (Å²) in [5.74, 6) is 1.58. The van der Waals surface area contributed by atoms with Gasteiger partial charge in [-0.3, -0.25) is 0 Å². The van der Waals surface area contributed by atoms with Crippen molar-refractivity contribution in [2.75, 3.05) is 32.8 Å². The van der Waals surface area contributed by atoms with E-state index in [2.05, 4.69) is 11.8 Å². The Morgan fingerprint density at radius 1 is 1.29 bits per heavy atom. The molecule has 3 unspecified atom stereocenters. The maximum atomic E-state index is 5.85. The van der Waals surface area contributed by atoms with Crippen molar-refractivity contribution < 1.29 is 4.74 Å². The molecular formula is C14H28N2O. The highest BCUT2D eigenvalue weighted by atomic mass is 16.5. The smallest absolute Gasteiger partial charge is 0.0588 e. The van der Waals surface area contributed by atoms with E-state index >= 15 is 0 Å². The predicted octanol–water partition coefficient (Wildman–Crippen LogP) is 1.86. The van der Waals surface area contributed by atoms with Crippen LogP contribution in [0.2, 0.25) is 0 Å². The summed E-state index contributed by atoms with van der Waals surface area (Å²) in [6.07, 6.45) is 6.87. The lowest BCUT2D eigenvalue weighted by Gasteiger charge is -2.38. The number of hydrogen-bond acceptors (Lipinski definition) is 3. The molecule has 3 atom stereocenters. The highest BCUT2D eigenvalue weighted by Gasteiger charge is 2.27. The summed E-state index contributed by atoms with van der Waals surface area (Å²) >= 11 is 0. The molecule has 0 aromatic carbocycles. The molecule has 2 aliphatic heterocycles. The van der Waals surface area contributed by atoms with E-state index in [-0.39, 0.29) is 0 Å². The van der Waals surface area contributed by atoms with Gasteiger partial charge in [0.25, 0.3) is 0 Å². The number of likely N-dealkylation sites (tertiary alicyclic amines) is 1. The third kappa shape index (κ3) is 3.67. The van der Waals surface area contributed by atoms with Crippen LogP contribution < -0.4 is 5.73 Å². The SMILES string of the molecule is CCC1CN(CCC2CCCO2)CCC1CN. The summed E-state index contributed by atoms with van der Waals surface area (Å²) in [5, 5.41) is 0. The summed E-state index contributed by atoms with van der Waals surface area (Å²) in [6, 6.07) is 0. The number of nitrogens with zero attached hydrogens (tertiary/aromatic N) is 1. The minimum atomic E-state index is 0.544. The molecule has 0 amide bonds. The first-order valence-electron chi connectivity index (χ1n) is 7.37. The van der Waals surface area contributed by atoms with Gasteiger partial charge in [-0.25, -0.2) is 0 Å². The van der Waals surface area contributed by atoms with Crippen LogP contribution in [0.4, 0.5) is 0 Å². The van der Waals surface area contributed by atoms with Gasteiger partial charge in [0, 0.05) is 19.7 Å². The van der Waals surface area contributed by atoms with Crippen molar-refractivity contribution in [3.63, 3.8) is 0 Å². The Hall–Kier alpha value is -0.120. The molecule has 2 N–H and O–H groups in total. The van der Waals surface area contributed by atoms with E-state index < -0.39 is 0 Å². The quantitative estimate of drug-likeness (QED) is 0.797. The van der Waals surface area contributed by atoms with E-state index in [9.17, 15) is 0 Å². The third-order valence-corrected chi connectivity index (χ3v) is 4.59. The van der Waals surface area contributed by atoms with Crippen molar-refractivity contribution in [1.82, 2.24) is 4.90 Å². The first-order valence-corrected chi connectivity index (χ1v) is 7.37. The maximum absolute atomic E-state index is 5.85. The molecule has 0 aromatic rings. The van der Waals surface area contributed by atoms with Crippen LogP contribution in [0.5, 0.6) is 0 Å². The van der Waals surface area contributed by atoms with Gasteiger partial charge in [0.2, 0.25) is 0 Å². The molecule has 0 aromatic heterocycles. The Kier molecular flexibility index (Phi) is 5.26. The fourth-order valence-corrected chi connectivity index (χ4v) is 3.33. The molecule has 0 spiro atoms. The lowest BCUT2D eigenvalue weighted by atomic mass is 9.84. The molecule has 100 valence electrons. The molecule has 0 radical (unpaired) electrons. The summed E-state index contributed by atoms with van der Waals surface area (Å²) < 4.78 is 5.69. The van der Waals surface area contributed by atoms with Gasteiger partial charge in [0.15, 0.2) is 0 Å². The van der Waals surface area contributed by atoms with Crippen LogP contribution in [0, 0.1) is 11.8 Å². The standard InChI is InChI=1S/C14H28N2O/c1-2-12-11-16(7-5-13(12)10-15)8-6-14-4-3-9-17-14/h12-14H,2-11,15H2,1H3. The summed E-state index contributed by atoms with van der Waals surface area (Å²) in [4.78, 5) is 2.63. The topological polar surface area (TPSA) is 38.5 Å². The van der Waals surface area contributed by atoms with Crippen molar-refractivity contribution in [2.45, 2.75) is 45.1 Å². The molecule has 2 saturated heterocycles. The van der Waals surface area contributed by atoms with Gasteiger partial charge >= 0.3 is 0 Å². The zero-order valence-corrected chi connectivity index (χ0v) is 11.2. The van der Waals surface area contributed by atoms with Crippen molar-refractivity contribution in [3.8, 4) is 0 Å². The number of piperidine rings is 1. The van der Waals surface area contributed by atoms with Gasteiger partial charge in [-0.05, 0) is 50.6 Å². The molecular weight excluding hydrogens is 212 g/mol. The van der Waals surface area contributed by atoms with Crippen molar-refractivity contribution >= 4 is 0 Å². The number of ether oxygens (including phenoxy) is 1. The Balaban J connectivity index is 1.71. The van der Waals surface area contributed by atoms with Crippen LogP contribution in [0.25, 0.3) is 0 Å². The molecule has 17 heavy (non-hydrogen) atoms. The Bertz CT molecular complexity index is 216. The van der Waals surface area contributed by atoms with Crippen molar-refractivity contribution in [1.29, 1.82) is 0 Å². The summed E-state index contributed by atoms with van der Waals surface area (Å²) in [5.41, 5.74) is 5.85. The minimum Gasteiger partial charge on any atom is -0.378 e. The van der Waals surface area contributed by atoms with Gasteiger partial charge in [-0.1, -0.05) is 13.3 Å². The first-order chi connectivity index (χ1) is 8.33. The second-order valence-corrected chi connectivity index (χ2v) is 5.68. The van der Waals surface area contributed by atoms with E-state index in [0.717, 1.165) is 25.0 Å². The molecule has 3 nitrogen and oxygen atoms in total. The molecule has 0 bridgehead atoms. The van der Waals surface area contributed by atoms with Crippen LogP contribution >= 0.6 is 0 Å². The van der Waals surface area contributed by atoms with Crippen LogP contribution in [0.3, 0.4) is 0 Å². The highest BCUT2D eigenvalue weighted by Crippen LogP contribution is 2.26. The van der Waals surface area contributed by atoms with E-state index in [1.54, 1.807) is 0 Å². The van der Waals surface area contributed by atoms with Crippen LogP contribution in [-0.2, 0) is 4.74 Å². The monoisotopic (exact) mass is 240 g/mol. The van der Waals surface area contributed by atoms with Gasteiger partial charge in [-0.15, -0.1) is 0 Å². The average Bonchev–Trinajstić information content (AvgIpc) is 2.89. The predicted molar refractivity (Wildman–Crippen MR) is 71.0 cm³/mol. The van der Waals surface area contributed by atoms with E-state index in [0.29, 0.717) is 6.10 Å². The molecule has 2 aliphatic rings. The zero-order chi connectivity index (χ0) is 12.1. The molecule has 0 aliphatic carbocycles. The fourth-order valence-electron chi connectivity index (χ4n) is 3.33. The van der Waals surface area contributed by atoms with Gasteiger partial charge in [-0.2, -0.15) is 0 Å². The number of rotatable bonds is 5. The number of hydrogen-bond donors (Lipinski definition) is 1. The average molecular weight is 240 g/mol. The Morgan fingerprint density at radius 2 is 2.18 bits per heavy atom. The zero-order valence-electron chi connectivity index (χ0n) is 11.2. The van der Waals surface area contributed by atoms with Gasteiger partial charge in [0.1, 0.15) is 0 Å². The second kappa shape index (κ2) is 6.72. The molecule has 0 saturated carbocycles. The summed E-state index contributed by atoms with van der Waals surface area (Å²) in [6.45, 7) is 7.88. The highest BCUT2D eigenvalue weighted by molar-refractivity contribution is 4.81. The Morgan fingerprint density at radius 3 is 2.82 bits per heavy atom. The first kappa shape index (κ1) is 13.3. The van der Waals surface area contributed by atoms with E-state index in [4.69, 9.17) is 10.5 Å². The maximum Gasteiger partial charge on any atom is 0.0588 e. The normalized spacial score (nSPS) is 35.3. The molecule has 2 fully saturated rings. The molecule has 3 heteroatoms. The van der Waals surface area contributed by atoms with Gasteiger partial charge < -0.3 is 15.4 Å². The molecule has 2 heterocycles. The van der Waals surface area contributed by atoms with Crippen LogP contribution in [0.15, 0.2) is 0 Å².